The third-order valence-corrected chi connectivity index (χ3v) is 0. The van der Waals surface area contributed by atoms with Gasteiger partial charge in [-0.3, -0.25) is 0 Å². The molecule has 0 atom stereocenters. The summed E-state index contributed by atoms with van der Waals surface area (Å²) >= 11 is -5.75. The summed E-state index contributed by atoms with van der Waals surface area (Å²) in [5.41, 5.74) is 0. The van der Waals surface area contributed by atoms with Gasteiger partial charge in [-0.1, -0.05) is 0 Å². The molecule has 0 spiro atoms. The Bertz CT molecular complexity index is 94.9. The average molecular weight is 167 g/mol. The molecule has 0 amide bonds. The second-order valence-corrected chi connectivity index (χ2v) is 1.68. The summed E-state index contributed by atoms with van der Waals surface area (Å²) in [5, 5.41) is 0. The molecule has 0 fully saturated rings. The van der Waals surface area contributed by atoms with Crippen molar-refractivity contribution in [3.8, 4) is 0 Å². The summed E-state index contributed by atoms with van der Waals surface area (Å²) in [7, 11) is 0. The Kier molecular flexibility index (Phi) is 12.4. The predicted molar refractivity (Wildman–Crippen MR) is 12.9 cm³/mol. The molecule has 0 saturated heterocycles. The SMILES string of the molecule is [B].[Ca+2].[O]=[Cr](=[O])([O-])[O-]. The first kappa shape index (κ1) is 15.8. The zero-order valence-electron chi connectivity index (χ0n) is 3.33. The number of hydrogen-bond acceptors (Lipinski definition) is 4. The molecule has 35 valence electrons. The van der Waals surface area contributed by atoms with E-state index in [4.69, 9.17) is 15.9 Å². The Morgan fingerprint density at radius 3 is 1.14 bits per heavy atom. The van der Waals surface area contributed by atoms with Gasteiger partial charge in [-0.25, -0.2) is 0 Å². The summed E-state index contributed by atoms with van der Waals surface area (Å²) in [6.45, 7) is 0. The molecule has 0 N–H and O–H groups in total. The van der Waals surface area contributed by atoms with Crippen LogP contribution in [0.4, 0.5) is 0 Å². The minimum absolute atomic E-state index is 0. The van der Waals surface area contributed by atoms with Crippen LogP contribution < -0.4 is 8.32 Å². The van der Waals surface area contributed by atoms with E-state index in [0.29, 0.717) is 0 Å². The summed E-state index contributed by atoms with van der Waals surface area (Å²) in [4.78, 5) is 0. The third kappa shape index (κ3) is 112. The molecule has 0 aromatic carbocycles. The Morgan fingerprint density at radius 2 is 1.14 bits per heavy atom. The van der Waals surface area contributed by atoms with Crippen molar-refractivity contribution in [2.24, 2.45) is 0 Å². The average Bonchev–Trinajstić information content (AvgIpc) is 0.722. The normalized spacial score (nSPS) is 8.29. The van der Waals surface area contributed by atoms with Crippen LogP contribution in [0.3, 0.4) is 0 Å². The van der Waals surface area contributed by atoms with E-state index in [-0.39, 0.29) is 46.2 Å². The molecule has 0 aliphatic carbocycles. The fourth-order valence-corrected chi connectivity index (χ4v) is 0. The molecule has 0 unspecified atom stereocenters. The molecule has 0 heterocycles. The molecular formula is BCaCrO4. The van der Waals surface area contributed by atoms with E-state index in [9.17, 15) is 0 Å². The fraction of sp³-hybridized carbons (Fsp3) is 0. The van der Waals surface area contributed by atoms with E-state index in [1.165, 1.54) is 0 Å². The van der Waals surface area contributed by atoms with Crippen LogP contribution in [0.1, 0.15) is 0 Å². The van der Waals surface area contributed by atoms with Gasteiger partial charge in [0, 0.05) is 8.41 Å². The standard InChI is InChI=1S/B.Ca.Cr.4O/q;+2;;;;2*-1. The molecule has 0 bridgehead atoms. The Morgan fingerprint density at radius 1 is 1.14 bits per heavy atom. The minimum atomic E-state index is -5.75. The van der Waals surface area contributed by atoms with Crippen molar-refractivity contribution >= 4 is 46.2 Å². The van der Waals surface area contributed by atoms with Crippen molar-refractivity contribution in [2.45, 2.75) is 0 Å². The topological polar surface area (TPSA) is 80.3 Å². The Labute approximate surface area is 74.9 Å². The molecule has 7 heavy (non-hydrogen) atoms. The fourth-order valence-electron chi connectivity index (χ4n) is 0. The van der Waals surface area contributed by atoms with Crippen molar-refractivity contribution in [1.82, 2.24) is 0 Å². The molecule has 0 saturated carbocycles. The van der Waals surface area contributed by atoms with Crippen LogP contribution >= 0.6 is 0 Å². The van der Waals surface area contributed by atoms with Gasteiger partial charge in [-0.05, 0) is 0 Å². The van der Waals surface area contributed by atoms with Crippen LogP contribution in [-0.2, 0) is 21.2 Å². The first-order valence-corrected chi connectivity index (χ1v) is 2.75. The van der Waals surface area contributed by atoms with Crippen molar-refractivity contribution in [3.63, 3.8) is 0 Å². The summed E-state index contributed by atoms with van der Waals surface area (Å²) in [6, 6.07) is 0. The number of rotatable bonds is 0. The first-order chi connectivity index (χ1) is 2.00. The van der Waals surface area contributed by atoms with Gasteiger partial charge in [-0.2, -0.15) is 0 Å². The van der Waals surface area contributed by atoms with Gasteiger partial charge in [0.15, 0.2) is 0 Å². The van der Waals surface area contributed by atoms with Crippen LogP contribution in [0.5, 0.6) is 0 Å². The summed E-state index contributed by atoms with van der Waals surface area (Å²) in [5.74, 6) is 0. The van der Waals surface area contributed by atoms with E-state index < -0.39 is 13.6 Å². The summed E-state index contributed by atoms with van der Waals surface area (Å²) < 4.78 is 34.4. The third-order valence-electron chi connectivity index (χ3n) is 0. The first-order valence-electron chi connectivity index (χ1n) is 0.667. The van der Waals surface area contributed by atoms with Gasteiger partial charge in [0.25, 0.3) is 0 Å². The van der Waals surface area contributed by atoms with Gasteiger partial charge in [0.2, 0.25) is 0 Å². The Hall–Kier alpha value is 1.38. The molecule has 0 aromatic rings. The van der Waals surface area contributed by atoms with Crippen molar-refractivity contribution in [3.05, 3.63) is 0 Å². The van der Waals surface area contributed by atoms with Crippen molar-refractivity contribution < 1.29 is 29.5 Å². The van der Waals surface area contributed by atoms with E-state index >= 15 is 0 Å². The van der Waals surface area contributed by atoms with E-state index in [1.54, 1.807) is 0 Å². The van der Waals surface area contributed by atoms with Crippen LogP contribution in [0.15, 0.2) is 0 Å². The predicted octanol–water partition coefficient (Wildman–Crippen LogP) is -3.38. The quantitative estimate of drug-likeness (QED) is 0.352. The van der Waals surface area contributed by atoms with Crippen molar-refractivity contribution in [2.75, 3.05) is 0 Å². The maximum atomic E-state index is 8.59. The van der Waals surface area contributed by atoms with Crippen LogP contribution in [0.25, 0.3) is 0 Å². The van der Waals surface area contributed by atoms with Crippen LogP contribution in [0, 0.1) is 0 Å². The van der Waals surface area contributed by atoms with E-state index in [0.717, 1.165) is 0 Å². The molecule has 0 rings (SSSR count). The zero-order chi connectivity index (χ0) is 4.50. The second-order valence-electron chi connectivity index (χ2n) is 0.408. The molecule has 0 aliphatic rings. The number of hydrogen-bond donors (Lipinski definition) is 0. The van der Waals surface area contributed by atoms with Crippen molar-refractivity contribution in [1.29, 1.82) is 0 Å². The molecule has 0 aromatic heterocycles. The zero-order valence-corrected chi connectivity index (χ0v) is 6.81. The van der Waals surface area contributed by atoms with Gasteiger partial charge in [-0.15, -0.1) is 0 Å². The second kappa shape index (κ2) is 5.51. The van der Waals surface area contributed by atoms with Crippen LogP contribution in [0.2, 0.25) is 0 Å². The van der Waals surface area contributed by atoms with Gasteiger partial charge < -0.3 is 0 Å². The molecule has 3 radical (unpaired) electrons. The Balaban J connectivity index is -0.0000000800. The monoisotopic (exact) mass is 167 g/mol. The molecule has 7 heteroatoms. The molecule has 4 nitrogen and oxygen atoms in total. The van der Waals surface area contributed by atoms with Gasteiger partial charge in [0.1, 0.15) is 0 Å². The van der Waals surface area contributed by atoms with Gasteiger partial charge >= 0.3 is 67.3 Å². The van der Waals surface area contributed by atoms with Crippen LogP contribution in [-0.4, -0.2) is 46.2 Å². The molecule has 0 aliphatic heterocycles. The summed E-state index contributed by atoms with van der Waals surface area (Å²) in [6.07, 6.45) is 0. The molecular weight excluding hydrogens is 167 g/mol. The van der Waals surface area contributed by atoms with E-state index in [1.807, 2.05) is 0 Å². The van der Waals surface area contributed by atoms with E-state index in [2.05, 4.69) is 0 Å². The van der Waals surface area contributed by atoms with Gasteiger partial charge in [0.05, 0.1) is 0 Å². The maximum absolute atomic E-state index is 8.59.